The zero-order chi connectivity index (χ0) is 12.8. The molecule has 3 nitrogen and oxygen atoms in total. The summed E-state index contributed by atoms with van der Waals surface area (Å²) in [6, 6.07) is 19.3. The van der Waals surface area contributed by atoms with Crippen molar-refractivity contribution < 1.29 is 0 Å². The Hall–Kier alpha value is -2.42. The molecule has 0 amide bonds. The van der Waals surface area contributed by atoms with Gasteiger partial charge in [0.05, 0.1) is 5.29 Å². The van der Waals surface area contributed by atoms with Crippen LogP contribution < -0.4 is 5.43 Å². The van der Waals surface area contributed by atoms with Gasteiger partial charge in [-0.2, -0.15) is 0 Å². The van der Waals surface area contributed by atoms with E-state index in [9.17, 15) is 4.91 Å². The van der Waals surface area contributed by atoms with E-state index in [1.54, 1.807) is 6.08 Å². The Morgan fingerprint density at radius 2 is 1.39 bits per heavy atom. The molecule has 2 aromatic carbocycles. The van der Waals surface area contributed by atoms with Crippen LogP contribution in [0.4, 0.5) is 0 Å². The first kappa shape index (κ1) is 12.0. The van der Waals surface area contributed by atoms with Gasteiger partial charge in [0, 0.05) is 0 Å². The first-order valence-corrected chi connectivity index (χ1v) is 5.67. The van der Waals surface area contributed by atoms with Gasteiger partial charge in [-0.3, -0.25) is 5.43 Å². The van der Waals surface area contributed by atoms with Crippen LogP contribution in [0.3, 0.4) is 0 Å². The molecule has 0 saturated heterocycles. The standard InChI is InChI=1S/C15H14N2O/c1-2-15(16-17-18,13-9-5-3-6-10-13)14-11-7-4-8-12-14/h2-12H,1H2,(H,16,18). The molecule has 0 aliphatic rings. The molecule has 0 radical (unpaired) electrons. The molecular formula is C15H14N2O. The molecule has 0 saturated carbocycles. The van der Waals surface area contributed by atoms with E-state index in [0.717, 1.165) is 11.1 Å². The van der Waals surface area contributed by atoms with E-state index in [-0.39, 0.29) is 0 Å². The number of nitrogens with zero attached hydrogens (tertiary/aromatic N) is 1. The third-order valence-electron chi connectivity index (χ3n) is 2.99. The minimum atomic E-state index is -0.787. The Morgan fingerprint density at radius 1 is 0.944 bits per heavy atom. The van der Waals surface area contributed by atoms with Crippen LogP contribution in [0, 0.1) is 4.91 Å². The third-order valence-corrected chi connectivity index (χ3v) is 2.99. The smallest absolute Gasteiger partial charge is 0.126 e. The molecular weight excluding hydrogens is 224 g/mol. The highest BCUT2D eigenvalue weighted by Gasteiger charge is 2.31. The van der Waals surface area contributed by atoms with Crippen LogP contribution in [0.2, 0.25) is 0 Å². The molecule has 0 aromatic heterocycles. The maximum absolute atomic E-state index is 10.7. The monoisotopic (exact) mass is 238 g/mol. The quantitative estimate of drug-likeness (QED) is 0.493. The highest BCUT2D eigenvalue weighted by Crippen LogP contribution is 2.30. The van der Waals surface area contributed by atoms with Gasteiger partial charge < -0.3 is 0 Å². The van der Waals surface area contributed by atoms with Gasteiger partial charge in [-0.15, -0.1) is 11.5 Å². The highest BCUT2D eigenvalue weighted by atomic mass is 16.3. The Labute approximate surface area is 106 Å². The van der Waals surface area contributed by atoms with Crippen LogP contribution in [0.1, 0.15) is 11.1 Å². The van der Waals surface area contributed by atoms with Gasteiger partial charge >= 0.3 is 0 Å². The van der Waals surface area contributed by atoms with E-state index in [4.69, 9.17) is 0 Å². The zero-order valence-corrected chi connectivity index (χ0v) is 9.91. The summed E-state index contributed by atoms with van der Waals surface area (Å²) in [5.74, 6) is 0. The normalized spacial score (nSPS) is 10.7. The van der Waals surface area contributed by atoms with E-state index in [2.05, 4.69) is 17.3 Å². The molecule has 2 aromatic rings. The average Bonchev–Trinajstić information content (AvgIpc) is 2.47. The zero-order valence-electron chi connectivity index (χ0n) is 9.91. The van der Waals surface area contributed by atoms with Crippen LogP contribution in [0.25, 0.3) is 0 Å². The van der Waals surface area contributed by atoms with E-state index < -0.39 is 5.54 Å². The third kappa shape index (κ3) is 2.02. The fraction of sp³-hybridized carbons (Fsp3) is 0.0667. The SMILES string of the molecule is C=CC(NN=O)(c1ccccc1)c1ccccc1. The topological polar surface area (TPSA) is 41.5 Å². The summed E-state index contributed by atoms with van der Waals surface area (Å²) in [4.78, 5) is 10.7. The van der Waals surface area contributed by atoms with E-state index in [1.807, 2.05) is 60.7 Å². The van der Waals surface area contributed by atoms with Crippen molar-refractivity contribution in [2.75, 3.05) is 0 Å². The van der Waals surface area contributed by atoms with Gasteiger partial charge in [-0.25, -0.2) is 0 Å². The summed E-state index contributed by atoms with van der Waals surface area (Å²) in [6.07, 6.45) is 1.69. The molecule has 2 rings (SSSR count). The lowest BCUT2D eigenvalue weighted by Crippen LogP contribution is -2.38. The molecule has 3 heteroatoms. The fourth-order valence-corrected chi connectivity index (χ4v) is 2.05. The maximum atomic E-state index is 10.7. The lowest BCUT2D eigenvalue weighted by molar-refractivity contribution is 0.507. The van der Waals surface area contributed by atoms with Crippen molar-refractivity contribution >= 4 is 0 Å². The number of benzene rings is 2. The highest BCUT2D eigenvalue weighted by molar-refractivity contribution is 5.42. The van der Waals surface area contributed by atoms with Crippen molar-refractivity contribution in [3.05, 3.63) is 89.4 Å². The van der Waals surface area contributed by atoms with Gasteiger partial charge in [-0.1, -0.05) is 66.7 Å². The Bertz CT molecular complexity index is 483. The molecule has 0 atom stereocenters. The first-order chi connectivity index (χ1) is 8.83. The number of rotatable bonds is 5. The van der Waals surface area contributed by atoms with Gasteiger partial charge in [-0.05, 0) is 11.1 Å². The minimum Gasteiger partial charge on any atom is -0.255 e. The average molecular weight is 238 g/mol. The summed E-state index contributed by atoms with van der Waals surface area (Å²) in [5.41, 5.74) is 3.69. The summed E-state index contributed by atoms with van der Waals surface area (Å²) in [5, 5.41) is 2.86. The molecule has 0 bridgehead atoms. The van der Waals surface area contributed by atoms with Crippen LogP contribution in [-0.2, 0) is 5.54 Å². The van der Waals surface area contributed by atoms with Crippen LogP contribution in [0.15, 0.2) is 78.6 Å². The second-order valence-corrected chi connectivity index (χ2v) is 3.95. The number of hydrogen-bond donors (Lipinski definition) is 1. The van der Waals surface area contributed by atoms with Crippen LogP contribution in [-0.4, -0.2) is 0 Å². The van der Waals surface area contributed by atoms with E-state index >= 15 is 0 Å². The number of nitrogens with one attached hydrogen (secondary N) is 1. The van der Waals surface area contributed by atoms with E-state index in [1.165, 1.54) is 0 Å². The molecule has 0 aliphatic carbocycles. The van der Waals surface area contributed by atoms with Gasteiger partial charge in [0.25, 0.3) is 0 Å². The first-order valence-electron chi connectivity index (χ1n) is 5.67. The lowest BCUT2D eigenvalue weighted by atomic mass is 9.83. The molecule has 90 valence electrons. The van der Waals surface area contributed by atoms with Gasteiger partial charge in [0.1, 0.15) is 5.54 Å². The summed E-state index contributed by atoms with van der Waals surface area (Å²) in [6.45, 7) is 3.84. The molecule has 0 spiro atoms. The molecule has 0 heterocycles. The molecule has 1 N–H and O–H groups in total. The lowest BCUT2D eigenvalue weighted by Gasteiger charge is -2.29. The van der Waals surface area contributed by atoms with Crippen molar-refractivity contribution in [2.45, 2.75) is 5.54 Å². The predicted octanol–water partition coefficient (Wildman–Crippen LogP) is 3.39. The molecule has 0 aliphatic heterocycles. The molecule has 0 fully saturated rings. The Kier molecular flexibility index (Phi) is 3.53. The predicted molar refractivity (Wildman–Crippen MR) is 72.8 cm³/mol. The Morgan fingerprint density at radius 3 is 1.72 bits per heavy atom. The Balaban J connectivity index is 2.60. The summed E-state index contributed by atoms with van der Waals surface area (Å²) >= 11 is 0. The van der Waals surface area contributed by atoms with Gasteiger partial charge in [0.15, 0.2) is 0 Å². The second-order valence-electron chi connectivity index (χ2n) is 3.95. The van der Waals surface area contributed by atoms with Crippen molar-refractivity contribution in [2.24, 2.45) is 5.29 Å². The summed E-state index contributed by atoms with van der Waals surface area (Å²) < 4.78 is 0. The van der Waals surface area contributed by atoms with Crippen molar-refractivity contribution in [3.63, 3.8) is 0 Å². The number of hydrogen-bond acceptors (Lipinski definition) is 2. The van der Waals surface area contributed by atoms with Crippen LogP contribution in [0.5, 0.6) is 0 Å². The van der Waals surface area contributed by atoms with Crippen molar-refractivity contribution in [1.82, 2.24) is 5.43 Å². The van der Waals surface area contributed by atoms with Gasteiger partial charge in [0.2, 0.25) is 0 Å². The summed E-state index contributed by atoms with van der Waals surface area (Å²) in [7, 11) is 0. The van der Waals surface area contributed by atoms with Crippen molar-refractivity contribution in [1.29, 1.82) is 0 Å². The molecule has 0 unspecified atom stereocenters. The fourth-order valence-electron chi connectivity index (χ4n) is 2.05. The second kappa shape index (κ2) is 5.27. The molecule has 18 heavy (non-hydrogen) atoms. The minimum absolute atomic E-state index is 0.787. The maximum Gasteiger partial charge on any atom is 0.126 e. The van der Waals surface area contributed by atoms with Crippen molar-refractivity contribution in [3.8, 4) is 0 Å². The van der Waals surface area contributed by atoms with E-state index in [0.29, 0.717) is 0 Å². The largest absolute Gasteiger partial charge is 0.255 e. The number of nitroso groups, excluding NO2 is 1. The van der Waals surface area contributed by atoms with Crippen LogP contribution >= 0.6 is 0 Å².